The van der Waals surface area contributed by atoms with Crippen molar-refractivity contribution in [1.82, 2.24) is 4.98 Å². The molecule has 124 valence electrons. The third-order valence-electron chi connectivity index (χ3n) is 3.04. The quantitative estimate of drug-likeness (QED) is 0.585. The molecule has 1 N–H and O–H groups in total. The first kappa shape index (κ1) is 17.1. The van der Waals surface area contributed by atoms with Gasteiger partial charge in [0.1, 0.15) is 10.6 Å². The molecule has 3 aromatic rings. The van der Waals surface area contributed by atoms with Crippen molar-refractivity contribution in [3.8, 4) is 5.75 Å². The van der Waals surface area contributed by atoms with E-state index in [4.69, 9.17) is 11.6 Å². The molecule has 0 aliphatic carbocycles. The Balaban J connectivity index is 2.04. The number of fused-ring (bicyclic) bond motifs is 1. The van der Waals surface area contributed by atoms with Crippen molar-refractivity contribution < 1.29 is 18.3 Å². The van der Waals surface area contributed by atoms with Crippen molar-refractivity contribution >= 4 is 60.5 Å². The number of thiophene rings is 1. The summed E-state index contributed by atoms with van der Waals surface area (Å²) < 4.78 is 30.8. The summed E-state index contributed by atoms with van der Waals surface area (Å²) in [5, 5.41) is 2.99. The molecule has 0 aliphatic heterocycles. The van der Waals surface area contributed by atoms with Gasteiger partial charge >= 0.3 is 6.61 Å². The number of anilines is 1. The van der Waals surface area contributed by atoms with Crippen LogP contribution in [0.1, 0.15) is 9.67 Å². The molecule has 0 aliphatic rings. The van der Waals surface area contributed by atoms with Crippen molar-refractivity contribution in [1.29, 1.82) is 0 Å². The van der Waals surface area contributed by atoms with Gasteiger partial charge in [-0.3, -0.25) is 9.78 Å². The summed E-state index contributed by atoms with van der Waals surface area (Å²) in [4.78, 5) is 16.5. The van der Waals surface area contributed by atoms with E-state index in [-0.39, 0.29) is 21.0 Å². The zero-order chi connectivity index (χ0) is 17.3. The van der Waals surface area contributed by atoms with Gasteiger partial charge in [-0.15, -0.1) is 11.3 Å². The predicted octanol–water partition coefficient (Wildman–Crippen LogP) is 5.57. The molecule has 4 nitrogen and oxygen atoms in total. The maximum Gasteiger partial charge on any atom is 0.387 e. The van der Waals surface area contributed by atoms with E-state index in [9.17, 15) is 13.6 Å². The van der Waals surface area contributed by atoms with Crippen LogP contribution in [0.3, 0.4) is 0 Å². The smallest absolute Gasteiger partial charge is 0.387 e. The maximum atomic E-state index is 12.6. The standard InChI is InChI=1S/C15H8BrClF2N2O2S/c16-8-3-4-9(23-15(18)19)10-11(17)13(24-12(8)10)14(22)21-7-2-1-5-20-6-7/h1-6,15H,(H,21,22). The van der Waals surface area contributed by atoms with Crippen LogP contribution in [0, 0.1) is 0 Å². The number of alkyl halides is 2. The Morgan fingerprint density at radius 2 is 2.17 bits per heavy atom. The summed E-state index contributed by atoms with van der Waals surface area (Å²) in [5.74, 6) is -0.533. The second-order valence-corrected chi connectivity index (χ2v) is 6.82. The summed E-state index contributed by atoms with van der Waals surface area (Å²) in [7, 11) is 0. The molecule has 1 aromatic carbocycles. The predicted molar refractivity (Wildman–Crippen MR) is 93.4 cm³/mol. The molecular weight excluding hydrogens is 426 g/mol. The topological polar surface area (TPSA) is 51.2 Å². The number of nitrogens with one attached hydrogen (secondary N) is 1. The number of halogens is 4. The van der Waals surface area contributed by atoms with Crippen LogP contribution in [0.15, 0.2) is 41.1 Å². The van der Waals surface area contributed by atoms with E-state index in [1.165, 1.54) is 12.3 Å². The lowest BCUT2D eigenvalue weighted by atomic mass is 10.2. The molecule has 2 aromatic heterocycles. The number of amides is 1. The molecule has 24 heavy (non-hydrogen) atoms. The van der Waals surface area contributed by atoms with E-state index in [1.807, 2.05) is 0 Å². The van der Waals surface area contributed by atoms with Gasteiger partial charge in [-0.25, -0.2) is 0 Å². The normalized spacial score (nSPS) is 11.0. The first-order chi connectivity index (χ1) is 11.5. The van der Waals surface area contributed by atoms with Gasteiger partial charge in [-0.2, -0.15) is 8.78 Å². The Morgan fingerprint density at radius 3 is 2.83 bits per heavy atom. The number of hydrogen-bond acceptors (Lipinski definition) is 4. The number of pyridine rings is 1. The first-order valence-corrected chi connectivity index (χ1v) is 8.53. The summed E-state index contributed by atoms with van der Waals surface area (Å²) in [6, 6.07) is 6.29. The minimum absolute atomic E-state index is 0.0633. The third kappa shape index (κ3) is 3.35. The molecule has 0 radical (unpaired) electrons. The fourth-order valence-corrected chi connectivity index (χ4v) is 4.10. The summed E-state index contributed by atoms with van der Waals surface area (Å²) >= 11 is 10.7. The molecule has 3 rings (SSSR count). The monoisotopic (exact) mass is 432 g/mol. The van der Waals surface area contributed by atoms with E-state index >= 15 is 0 Å². The lowest BCUT2D eigenvalue weighted by molar-refractivity contribution is -0.0487. The van der Waals surface area contributed by atoms with Gasteiger partial charge in [0.2, 0.25) is 0 Å². The Bertz CT molecular complexity index is 905. The number of nitrogens with zero attached hydrogens (tertiary/aromatic N) is 1. The molecule has 9 heteroatoms. The highest BCUT2D eigenvalue weighted by molar-refractivity contribution is 9.10. The molecule has 1 amide bonds. The van der Waals surface area contributed by atoms with Gasteiger partial charge in [0.25, 0.3) is 5.91 Å². The van der Waals surface area contributed by atoms with Crippen molar-refractivity contribution in [2.45, 2.75) is 6.61 Å². The highest BCUT2D eigenvalue weighted by Gasteiger charge is 2.23. The Labute approximate surface area is 152 Å². The minimum Gasteiger partial charge on any atom is -0.434 e. The van der Waals surface area contributed by atoms with Crippen molar-refractivity contribution in [3.63, 3.8) is 0 Å². The van der Waals surface area contributed by atoms with Crippen LogP contribution in [-0.4, -0.2) is 17.5 Å². The van der Waals surface area contributed by atoms with Gasteiger partial charge in [0.15, 0.2) is 0 Å². The largest absolute Gasteiger partial charge is 0.434 e. The van der Waals surface area contributed by atoms with E-state index in [0.29, 0.717) is 14.9 Å². The first-order valence-electron chi connectivity index (χ1n) is 6.54. The Hall–Kier alpha value is -1.77. The van der Waals surface area contributed by atoms with E-state index in [2.05, 4.69) is 31.0 Å². The van der Waals surface area contributed by atoms with Crippen LogP contribution >= 0.6 is 38.9 Å². The van der Waals surface area contributed by atoms with E-state index < -0.39 is 12.5 Å². The molecule has 0 saturated heterocycles. The lowest BCUT2D eigenvalue weighted by Crippen LogP contribution is -2.10. The number of carbonyl (C=O) groups is 1. The molecule has 0 unspecified atom stereocenters. The molecule has 2 heterocycles. The Kier molecular flexibility index (Phi) is 4.98. The van der Waals surface area contributed by atoms with Crippen LogP contribution < -0.4 is 10.1 Å². The second kappa shape index (κ2) is 7.00. The highest BCUT2D eigenvalue weighted by Crippen LogP contribution is 2.44. The molecule has 0 fully saturated rings. The molecule has 0 bridgehead atoms. The lowest BCUT2D eigenvalue weighted by Gasteiger charge is -2.07. The molecule has 0 spiro atoms. The average Bonchev–Trinajstić information content (AvgIpc) is 2.90. The van der Waals surface area contributed by atoms with Gasteiger partial charge in [0.05, 0.1) is 27.0 Å². The van der Waals surface area contributed by atoms with Crippen molar-refractivity contribution in [3.05, 3.63) is 51.0 Å². The highest BCUT2D eigenvalue weighted by atomic mass is 79.9. The van der Waals surface area contributed by atoms with Gasteiger partial charge in [-0.1, -0.05) is 11.6 Å². The van der Waals surface area contributed by atoms with Crippen molar-refractivity contribution in [2.75, 3.05) is 5.32 Å². The average molecular weight is 434 g/mol. The fraction of sp³-hybridized carbons (Fsp3) is 0.0667. The molecule has 0 atom stereocenters. The second-order valence-electron chi connectivity index (χ2n) is 4.57. The number of benzene rings is 1. The van der Waals surface area contributed by atoms with E-state index in [0.717, 1.165) is 11.3 Å². The SMILES string of the molecule is O=C(Nc1cccnc1)c1sc2c(Br)ccc(OC(F)F)c2c1Cl. The summed E-state index contributed by atoms with van der Waals surface area (Å²) in [6.45, 7) is -2.99. The number of aromatic nitrogens is 1. The summed E-state index contributed by atoms with van der Waals surface area (Å²) in [5.41, 5.74) is 0.499. The van der Waals surface area contributed by atoms with Gasteiger partial charge in [0, 0.05) is 10.7 Å². The third-order valence-corrected chi connectivity index (χ3v) is 5.67. The minimum atomic E-state index is -2.99. The van der Waals surface area contributed by atoms with Crippen LogP contribution in [0.25, 0.3) is 10.1 Å². The number of hydrogen-bond donors (Lipinski definition) is 1. The number of ether oxygens (including phenoxy) is 1. The maximum absolute atomic E-state index is 12.6. The van der Waals surface area contributed by atoms with Gasteiger partial charge < -0.3 is 10.1 Å². The zero-order valence-electron chi connectivity index (χ0n) is 11.7. The van der Waals surface area contributed by atoms with E-state index in [1.54, 1.807) is 24.4 Å². The van der Waals surface area contributed by atoms with Crippen molar-refractivity contribution in [2.24, 2.45) is 0 Å². The van der Waals surface area contributed by atoms with Crippen LogP contribution in [-0.2, 0) is 0 Å². The van der Waals surface area contributed by atoms with Crippen LogP contribution in [0.5, 0.6) is 5.75 Å². The molecular formula is C15H8BrClF2N2O2S. The Morgan fingerprint density at radius 1 is 1.38 bits per heavy atom. The van der Waals surface area contributed by atoms with Crippen LogP contribution in [0.4, 0.5) is 14.5 Å². The zero-order valence-corrected chi connectivity index (χ0v) is 14.9. The summed E-state index contributed by atoms with van der Waals surface area (Å²) in [6.07, 6.45) is 3.06. The number of rotatable bonds is 4. The number of carbonyl (C=O) groups excluding carboxylic acids is 1. The molecule has 0 saturated carbocycles. The fourth-order valence-electron chi connectivity index (χ4n) is 2.07. The van der Waals surface area contributed by atoms with Crippen LogP contribution in [0.2, 0.25) is 5.02 Å². The van der Waals surface area contributed by atoms with Gasteiger partial charge in [-0.05, 0) is 40.2 Å².